The second kappa shape index (κ2) is 8.38. The average Bonchev–Trinajstić information content (AvgIpc) is 3.26. The molecule has 1 saturated heterocycles. The van der Waals surface area contributed by atoms with Crippen molar-refractivity contribution in [3.63, 3.8) is 0 Å². The first-order valence-electron chi connectivity index (χ1n) is 10.5. The van der Waals surface area contributed by atoms with Gasteiger partial charge >= 0.3 is 0 Å². The van der Waals surface area contributed by atoms with Crippen molar-refractivity contribution in [1.29, 1.82) is 0 Å². The highest BCUT2D eigenvalue weighted by Crippen LogP contribution is 2.30. The number of hydrogen-bond acceptors (Lipinski definition) is 5. The molecule has 1 aromatic heterocycles. The van der Waals surface area contributed by atoms with Crippen LogP contribution in [-0.4, -0.2) is 43.4 Å². The maximum atomic E-state index is 13.6. The van der Waals surface area contributed by atoms with E-state index in [1.807, 2.05) is 63.2 Å². The van der Waals surface area contributed by atoms with Crippen LogP contribution in [0.3, 0.4) is 0 Å². The monoisotopic (exact) mass is 441 g/mol. The summed E-state index contributed by atoms with van der Waals surface area (Å²) < 4.78 is 35.7. The summed E-state index contributed by atoms with van der Waals surface area (Å²) in [6, 6.07) is 13.0. The van der Waals surface area contributed by atoms with E-state index in [0.717, 1.165) is 27.8 Å². The van der Waals surface area contributed by atoms with Crippen LogP contribution in [0.1, 0.15) is 40.6 Å². The Hall–Kier alpha value is -2.80. The van der Waals surface area contributed by atoms with Gasteiger partial charge in [0.1, 0.15) is 11.3 Å². The molecular weight excluding hydrogens is 414 g/mol. The van der Waals surface area contributed by atoms with Crippen molar-refractivity contribution in [1.82, 2.24) is 4.90 Å². The lowest BCUT2D eigenvalue weighted by atomic mass is 10.1. The summed E-state index contributed by atoms with van der Waals surface area (Å²) in [6.07, 6.45) is 0.434. The molecule has 1 aliphatic heterocycles. The van der Waals surface area contributed by atoms with Crippen molar-refractivity contribution in [3.05, 3.63) is 64.9 Å². The molecule has 2 heterocycles. The third kappa shape index (κ3) is 4.46. The van der Waals surface area contributed by atoms with Gasteiger partial charge < -0.3 is 14.1 Å². The number of aryl methyl sites for hydroxylation is 2. The molecule has 0 aliphatic carbocycles. The summed E-state index contributed by atoms with van der Waals surface area (Å²) in [5, 5.41) is 0.897. The van der Waals surface area contributed by atoms with E-state index in [0.29, 0.717) is 25.2 Å². The number of fused-ring (bicyclic) bond motifs is 1. The maximum absolute atomic E-state index is 13.6. The average molecular weight is 442 g/mol. The first-order chi connectivity index (χ1) is 14.8. The van der Waals surface area contributed by atoms with Crippen molar-refractivity contribution in [2.24, 2.45) is 0 Å². The van der Waals surface area contributed by atoms with Crippen LogP contribution in [-0.2, 0) is 16.4 Å². The maximum Gasteiger partial charge on any atom is 0.290 e. The van der Waals surface area contributed by atoms with Gasteiger partial charge in [-0.3, -0.25) is 4.79 Å². The largest absolute Gasteiger partial charge is 0.494 e. The Kier molecular flexibility index (Phi) is 5.79. The van der Waals surface area contributed by atoms with Crippen molar-refractivity contribution in [3.8, 4) is 5.75 Å². The standard InChI is InChI=1S/C24H27NO5S/c1-4-29-20-8-6-18(7-9-20)14-25(19-11-12-31(27,28)15-19)24(26)23-17(3)21-10-5-16(2)13-22(21)30-23/h5-10,13,19H,4,11-12,14-15H2,1-3H3/t19-/m0/s1. The quantitative estimate of drug-likeness (QED) is 0.571. The number of nitrogens with zero attached hydrogens (tertiary/aromatic N) is 1. The lowest BCUT2D eigenvalue weighted by Gasteiger charge is -2.28. The molecule has 1 aliphatic rings. The van der Waals surface area contributed by atoms with E-state index in [-0.39, 0.29) is 29.2 Å². The minimum atomic E-state index is -3.15. The molecule has 0 bridgehead atoms. The van der Waals surface area contributed by atoms with Crippen LogP contribution >= 0.6 is 0 Å². The number of carbonyl (C=O) groups is 1. The molecule has 6 nitrogen and oxygen atoms in total. The third-order valence-corrected chi connectivity index (χ3v) is 7.54. The number of rotatable bonds is 6. The number of sulfone groups is 1. The van der Waals surface area contributed by atoms with Crippen LogP contribution in [0.2, 0.25) is 0 Å². The highest BCUT2D eigenvalue weighted by molar-refractivity contribution is 7.91. The van der Waals surface area contributed by atoms with Crippen LogP contribution in [0, 0.1) is 13.8 Å². The van der Waals surface area contributed by atoms with E-state index in [1.165, 1.54) is 0 Å². The van der Waals surface area contributed by atoms with Gasteiger partial charge in [0, 0.05) is 23.5 Å². The van der Waals surface area contributed by atoms with Crippen molar-refractivity contribution >= 4 is 26.7 Å². The van der Waals surface area contributed by atoms with Gasteiger partial charge in [-0.15, -0.1) is 0 Å². The fourth-order valence-electron chi connectivity index (χ4n) is 4.11. The second-order valence-electron chi connectivity index (χ2n) is 8.12. The van der Waals surface area contributed by atoms with Crippen LogP contribution in [0.15, 0.2) is 46.9 Å². The van der Waals surface area contributed by atoms with E-state index >= 15 is 0 Å². The molecule has 3 aromatic rings. The van der Waals surface area contributed by atoms with E-state index < -0.39 is 9.84 Å². The van der Waals surface area contributed by atoms with Gasteiger partial charge in [0.2, 0.25) is 0 Å². The predicted molar refractivity (Wildman–Crippen MR) is 120 cm³/mol. The highest BCUT2D eigenvalue weighted by Gasteiger charge is 2.36. The summed E-state index contributed by atoms with van der Waals surface area (Å²) in [7, 11) is -3.15. The Labute approximate surface area is 182 Å². The van der Waals surface area contributed by atoms with Crippen molar-refractivity contribution in [2.45, 2.75) is 39.8 Å². The van der Waals surface area contributed by atoms with E-state index in [4.69, 9.17) is 9.15 Å². The molecule has 1 atom stereocenters. The topological polar surface area (TPSA) is 76.8 Å². The zero-order valence-electron chi connectivity index (χ0n) is 18.1. The van der Waals surface area contributed by atoms with Gasteiger partial charge in [-0.2, -0.15) is 0 Å². The first kappa shape index (κ1) is 21.4. The fourth-order valence-corrected chi connectivity index (χ4v) is 5.84. The lowest BCUT2D eigenvalue weighted by molar-refractivity contribution is 0.0649. The fraction of sp³-hybridized carbons (Fsp3) is 0.375. The van der Waals surface area contributed by atoms with Gasteiger partial charge in [-0.05, 0) is 56.5 Å². The number of amides is 1. The normalized spacial score (nSPS) is 17.7. The van der Waals surface area contributed by atoms with Crippen molar-refractivity contribution in [2.75, 3.05) is 18.1 Å². The molecule has 0 N–H and O–H groups in total. The molecule has 0 unspecified atom stereocenters. The smallest absolute Gasteiger partial charge is 0.290 e. The molecule has 0 saturated carbocycles. The zero-order valence-corrected chi connectivity index (χ0v) is 18.9. The molecule has 2 aromatic carbocycles. The van der Waals surface area contributed by atoms with E-state index in [1.54, 1.807) is 4.90 Å². The Morgan fingerprint density at radius 1 is 1.16 bits per heavy atom. The molecule has 164 valence electrons. The molecule has 1 amide bonds. The lowest BCUT2D eigenvalue weighted by Crippen LogP contribution is -2.40. The van der Waals surface area contributed by atoms with Crippen LogP contribution in [0.25, 0.3) is 11.0 Å². The number of benzene rings is 2. The van der Waals surface area contributed by atoms with E-state index in [2.05, 4.69) is 0 Å². The minimum Gasteiger partial charge on any atom is -0.494 e. The summed E-state index contributed by atoms with van der Waals surface area (Å²) >= 11 is 0. The molecule has 4 rings (SSSR count). The molecule has 0 spiro atoms. The number of carbonyl (C=O) groups excluding carboxylic acids is 1. The summed E-state index contributed by atoms with van der Waals surface area (Å²) in [6.45, 7) is 6.65. The predicted octanol–water partition coefficient (Wildman–Crippen LogP) is 4.28. The summed E-state index contributed by atoms with van der Waals surface area (Å²) in [5.41, 5.74) is 3.40. The van der Waals surface area contributed by atoms with E-state index in [9.17, 15) is 13.2 Å². The highest BCUT2D eigenvalue weighted by atomic mass is 32.2. The SMILES string of the molecule is CCOc1ccc(CN(C(=O)c2oc3cc(C)ccc3c2C)[C@H]2CCS(=O)(=O)C2)cc1. The molecule has 7 heteroatoms. The first-order valence-corrected chi connectivity index (χ1v) is 12.3. The van der Waals surface area contributed by atoms with Gasteiger partial charge in [0.25, 0.3) is 5.91 Å². The number of ether oxygens (including phenoxy) is 1. The van der Waals surface area contributed by atoms with Gasteiger partial charge in [0.05, 0.1) is 18.1 Å². The third-order valence-electron chi connectivity index (χ3n) is 5.79. The molecule has 0 radical (unpaired) electrons. The van der Waals surface area contributed by atoms with Crippen molar-refractivity contribution < 1.29 is 22.4 Å². The van der Waals surface area contributed by atoms with Gasteiger partial charge in [-0.25, -0.2) is 8.42 Å². The van der Waals surface area contributed by atoms with Crippen LogP contribution in [0.4, 0.5) is 0 Å². The van der Waals surface area contributed by atoms with Crippen LogP contribution in [0.5, 0.6) is 5.75 Å². The van der Waals surface area contributed by atoms with Gasteiger partial charge in [-0.1, -0.05) is 24.3 Å². The Morgan fingerprint density at radius 3 is 2.55 bits per heavy atom. The molecular formula is C24H27NO5S. The molecule has 1 fully saturated rings. The summed E-state index contributed by atoms with van der Waals surface area (Å²) in [5.74, 6) is 0.839. The number of furan rings is 1. The Balaban J connectivity index is 1.68. The summed E-state index contributed by atoms with van der Waals surface area (Å²) in [4.78, 5) is 15.3. The van der Waals surface area contributed by atoms with Gasteiger partial charge in [0.15, 0.2) is 15.6 Å². The Bertz CT molecular complexity index is 1210. The van der Waals surface area contributed by atoms with Crippen LogP contribution < -0.4 is 4.74 Å². The minimum absolute atomic E-state index is 0.0197. The second-order valence-corrected chi connectivity index (χ2v) is 10.4. The zero-order chi connectivity index (χ0) is 22.2. The number of hydrogen-bond donors (Lipinski definition) is 0. The molecule has 31 heavy (non-hydrogen) atoms. The Morgan fingerprint density at radius 2 is 1.90 bits per heavy atom.